The summed E-state index contributed by atoms with van der Waals surface area (Å²) in [6, 6.07) is 0. The molecule has 0 bridgehead atoms. The van der Waals surface area contributed by atoms with Crippen LogP contribution in [0.1, 0.15) is 59.8 Å². The molecule has 0 aromatic carbocycles. The molecule has 4 aliphatic carbocycles. The molecule has 4 fully saturated rings. The van der Waals surface area contributed by atoms with E-state index < -0.39 is 53.0 Å². The van der Waals surface area contributed by atoms with Crippen LogP contribution >= 0.6 is 0 Å². The van der Waals surface area contributed by atoms with Crippen LogP contribution in [0, 0.1) is 28.6 Å². The maximum Gasteiger partial charge on any atom is 0.193 e. The Hall–Kier alpha value is -1.08. The van der Waals surface area contributed by atoms with Gasteiger partial charge in [0.1, 0.15) is 12.8 Å². The van der Waals surface area contributed by atoms with Crippen molar-refractivity contribution in [2.45, 2.75) is 89.6 Å². The lowest BCUT2D eigenvalue weighted by Crippen LogP contribution is -2.64. The highest BCUT2D eigenvalue weighted by Crippen LogP contribution is 2.71. The Balaban J connectivity index is 1.61. The second kappa shape index (κ2) is 6.49. The van der Waals surface area contributed by atoms with E-state index in [1.165, 1.54) is 0 Å². The standard InChI is InChI=1S/C25H35FO5/c1-13-6-7-23(4)16(8-13)17(26)9-14-15-10-20-25(19(29)12-27,31-22(2,3)30-20)24(15,5)11-18(28)21(14)23/h8,14-15,17-18,20-21,27-28H,1,6-7,9-12H2,2-5H3/t14?,15?,17-,18?,20+,21?,23-,24-,25+/m0/s1. The van der Waals surface area contributed by atoms with Crippen LogP contribution in [0.2, 0.25) is 0 Å². The molecule has 1 aliphatic heterocycles. The van der Waals surface area contributed by atoms with Crippen LogP contribution in [-0.4, -0.2) is 52.4 Å². The lowest BCUT2D eigenvalue weighted by molar-refractivity contribution is -0.228. The van der Waals surface area contributed by atoms with Crippen LogP contribution < -0.4 is 0 Å². The van der Waals surface area contributed by atoms with E-state index >= 15 is 4.39 Å². The van der Waals surface area contributed by atoms with Crippen molar-refractivity contribution in [3.63, 3.8) is 0 Å². The zero-order valence-electron chi connectivity index (χ0n) is 19.0. The van der Waals surface area contributed by atoms with Gasteiger partial charge in [-0.15, -0.1) is 0 Å². The number of ketones is 1. The maximum atomic E-state index is 15.6. The monoisotopic (exact) mass is 434 g/mol. The van der Waals surface area contributed by atoms with Crippen molar-refractivity contribution in [2.24, 2.45) is 28.6 Å². The van der Waals surface area contributed by atoms with Crippen molar-refractivity contribution in [3.8, 4) is 0 Å². The summed E-state index contributed by atoms with van der Waals surface area (Å²) in [4.78, 5) is 13.2. The van der Waals surface area contributed by atoms with E-state index in [9.17, 15) is 15.0 Å². The Morgan fingerprint density at radius 1 is 1.29 bits per heavy atom. The number of ether oxygens (including phenoxy) is 2. The summed E-state index contributed by atoms with van der Waals surface area (Å²) in [7, 11) is 0. The Morgan fingerprint density at radius 2 is 2.00 bits per heavy atom. The molecule has 2 N–H and O–H groups in total. The molecule has 0 amide bonds. The summed E-state index contributed by atoms with van der Waals surface area (Å²) in [6.07, 6.45) is 2.52. The number of fused-ring (bicyclic) bond motifs is 7. The smallest absolute Gasteiger partial charge is 0.193 e. The van der Waals surface area contributed by atoms with E-state index in [-0.39, 0.29) is 17.8 Å². The summed E-state index contributed by atoms with van der Waals surface area (Å²) < 4.78 is 28.1. The van der Waals surface area contributed by atoms with Crippen LogP contribution in [0.4, 0.5) is 4.39 Å². The number of Topliss-reactive ketones (excluding diaryl/α,β-unsaturated/α-hetero) is 1. The van der Waals surface area contributed by atoms with Gasteiger partial charge in [0, 0.05) is 5.41 Å². The topological polar surface area (TPSA) is 76.0 Å². The average molecular weight is 435 g/mol. The quantitative estimate of drug-likeness (QED) is 0.696. The molecule has 5 rings (SSSR count). The molecule has 4 unspecified atom stereocenters. The zero-order valence-corrected chi connectivity index (χ0v) is 19.0. The number of carbonyl (C=O) groups is 1. The Kier molecular flexibility index (Phi) is 4.56. The van der Waals surface area contributed by atoms with Crippen LogP contribution in [0.15, 0.2) is 23.8 Å². The molecule has 0 radical (unpaired) electrons. The Morgan fingerprint density at radius 3 is 2.68 bits per heavy atom. The molecule has 0 aromatic rings. The lowest BCUT2D eigenvalue weighted by Gasteiger charge is -2.61. The molecule has 0 spiro atoms. The fourth-order valence-electron chi connectivity index (χ4n) is 8.49. The molecular weight excluding hydrogens is 399 g/mol. The summed E-state index contributed by atoms with van der Waals surface area (Å²) in [5.74, 6) is -1.54. The zero-order chi connectivity index (χ0) is 22.6. The van der Waals surface area contributed by atoms with E-state index in [0.717, 1.165) is 24.0 Å². The van der Waals surface area contributed by atoms with Gasteiger partial charge in [-0.3, -0.25) is 4.79 Å². The average Bonchev–Trinajstić information content (AvgIpc) is 3.08. The largest absolute Gasteiger partial charge is 0.393 e. The number of halogens is 1. The molecular formula is C25H35FO5. The summed E-state index contributed by atoms with van der Waals surface area (Å²) in [6.45, 7) is 11.1. The van der Waals surface area contributed by atoms with Crippen molar-refractivity contribution in [1.82, 2.24) is 0 Å². The molecule has 9 atom stereocenters. The number of aliphatic hydroxyl groups is 2. The molecule has 1 saturated heterocycles. The van der Waals surface area contributed by atoms with E-state index in [2.05, 4.69) is 13.5 Å². The van der Waals surface area contributed by atoms with E-state index in [4.69, 9.17) is 9.47 Å². The van der Waals surface area contributed by atoms with Gasteiger partial charge in [0.15, 0.2) is 17.2 Å². The first-order valence-corrected chi connectivity index (χ1v) is 11.6. The van der Waals surface area contributed by atoms with Crippen LogP contribution in [0.25, 0.3) is 0 Å². The summed E-state index contributed by atoms with van der Waals surface area (Å²) >= 11 is 0. The van der Waals surface area contributed by atoms with Crippen molar-refractivity contribution >= 4 is 5.78 Å². The van der Waals surface area contributed by atoms with E-state index in [1.807, 2.05) is 13.0 Å². The number of rotatable bonds is 2. The molecule has 5 aliphatic rings. The first kappa shape index (κ1) is 21.7. The minimum absolute atomic E-state index is 0.0285. The number of aliphatic hydroxyl groups excluding tert-OH is 2. The highest BCUT2D eigenvalue weighted by molar-refractivity contribution is 5.91. The lowest BCUT2D eigenvalue weighted by atomic mass is 9.45. The molecule has 172 valence electrons. The normalized spacial score (nSPS) is 52.6. The van der Waals surface area contributed by atoms with Gasteiger partial charge in [-0.25, -0.2) is 4.39 Å². The van der Waals surface area contributed by atoms with Crippen molar-refractivity contribution in [3.05, 3.63) is 23.8 Å². The Labute approximate surface area is 183 Å². The van der Waals surface area contributed by atoms with Gasteiger partial charge in [0.05, 0.1) is 12.2 Å². The number of carbonyl (C=O) groups excluding carboxylic acids is 1. The van der Waals surface area contributed by atoms with Gasteiger partial charge in [-0.1, -0.05) is 32.1 Å². The number of hydrogen-bond donors (Lipinski definition) is 2. The third-order valence-corrected chi connectivity index (χ3v) is 9.54. The van der Waals surface area contributed by atoms with Crippen molar-refractivity contribution in [2.75, 3.05) is 6.61 Å². The van der Waals surface area contributed by atoms with Gasteiger partial charge in [-0.05, 0) is 74.7 Å². The molecule has 1 heterocycles. The second-order valence-corrected chi connectivity index (χ2v) is 11.5. The highest BCUT2D eigenvalue weighted by atomic mass is 19.1. The highest BCUT2D eigenvalue weighted by Gasteiger charge is 2.77. The molecule has 5 nitrogen and oxygen atoms in total. The molecule has 3 saturated carbocycles. The maximum absolute atomic E-state index is 15.6. The number of allylic oxidation sites excluding steroid dienone is 3. The van der Waals surface area contributed by atoms with Gasteiger partial charge in [0.2, 0.25) is 0 Å². The minimum atomic E-state index is -1.31. The van der Waals surface area contributed by atoms with Gasteiger partial charge in [0.25, 0.3) is 0 Å². The molecule has 0 aromatic heterocycles. The SMILES string of the molecule is C=C1C=C2[C@@H](F)CC3C(C(O)C[C@@]4(C)C3C[C@H]3OC(C)(C)O[C@]34C(=O)CO)[C@@]2(C)CC1. The van der Waals surface area contributed by atoms with Crippen LogP contribution in [-0.2, 0) is 14.3 Å². The number of alkyl halides is 1. The first-order chi connectivity index (χ1) is 14.4. The first-order valence-electron chi connectivity index (χ1n) is 11.6. The van der Waals surface area contributed by atoms with Crippen molar-refractivity contribution in [1.29, 1.82) is 0 Å². The summed E-state index contributed by atoms with van der Waals surface area (Å²) in [5.41, 5.74) is -0.736. The van der Waals surface area contributed by atoms with Gasteiger partial charge < -0.3 is 19.7 Å². The fraction of sp³-hybridized carbons (Fsp3) is 0.800. The van der Waals surface area contributed by atoms with E-state index in [0.29, 0.717) is 19.3 Å². The van der Waals surface area contributed by atoms with Crippen molar-refractivity contribution < 1.29 is 28.9 Å². The van der Waals surface area contributed by atoms with Crippen LogP contribution in [0.3, 0.4) is 0 Å². The third kappa shape index (κ3) is 2.59. The second-order valence-electron chi connectivity index (χ2n) is 11.5. The molecule has 6 heteroatoms. The predicted octanol–water partition coefficient (Wildman–Crippen LogP) is 3.49. The third-order valence-electron chi connectivity index (χ3n) is 9.54. The van der Waals surface area contributed by atoms with E-state index in [1.54, 1.807) is 13.8 Å². The van der Waals surface area contributed by atoms with Gasteiger partial charge in [-0.2, -0.15) is 0 Å². The number of hydrogen-bond acceptors (Lipinski definition) is 5. The van der Waals surface area contributed by atoms with Gasteiger partial charge >= 0.3 is 0 Å². The Bertz CT molecular complexity index is 866. The fourth-order valence-corrected chi connectivity index (χ4v) is 8.49. The minimum Gasteiger partial charge on any atom is -0.393 e. The van der Waals surface area contributed by atoms with Crippen LogP contribution in [0.5, 0.6) is 0 Å². The predicted molar refractivity (Wildman–Crippen MR) is 113 cm³/mol. The molecule has 31 heavy (non-hydrogen) atoms. The summed E-state index contributed by atoms with van der Waals surface area (Å²) in [5, 5.41) is 21.4.